The number of benzene rings is 2. The van der Waals surface area contributed by atoms with Crippen LogP contribution < -0.4 is 10.6 Å². The normalized spacial score (nSPS) is 15.8. The summed E-state index contributed by atoms with van der Waals surface area (Å²) in [6.45, 7) is 4.98. The van der Waals surface area contributed by atoms with Gasteiger partial charge in [0.2, 0.25) is 0 Å². The first kappa shape index (κ1) is 14.2. The van der Waals surface area contributed by atoms with E-state index in [4.69, 9.17) is 5.73 Å². The van der Waals surface area contributed by atoms with E-state index in [-0.39, 0.29) is 5.54 Å². The van der Waals surface area contributed by atoms with Gasteiger partial charge in [0.25, 0.3) is 0 Å². The molecule has 110 valence electrons. The summed E-state index contributed by atoms with van der Waals surface area (Å²) in [5, 5.41) is 0. The average Bonchev–Trinajstić information content (AvgIpc) is 2.85. The van der Waals surface area contributed by atoms with Crippen molar-refractivity contribution in [3.63, 3.8) is 0 Å². The molecule has 0 aromatic heterocycles. The summed E-state index contributed by atoms with van der Waals surface area (Å²) in [7, 11) is 2.19. The van der Waals surface area contributed by atoms with Crippen molar-refractivity contribution in [1.82, 2.24) is 0 Å². The minimum absolute atomic E-state index is 0.00389. The molecule has 2 aromatic rings. The molecule has 0 bridgehead atoms. The number of rotatable bonds is 3. The Morgan fingerprint density at radius 2 is 1.52 bits per heavy atom. The topological polar surface area (TPSA) is 29.3 Å². The zero-order valence-corrected chi connectivity index (χ0v) is 13.2. The predicted molar refractivity (Wildman–Crippen MR) is 90.0 cm³/mol. The summed E-state index contributed by atoms with van der Waals surface area (Å²) < 4.78 is 0. The SMILES string of the molecule is Cc1cc(C)cc(N(C)C2(CN)Cc3ccccc3C2)c1. The maximum Gasteiger partial charge on any atom is 0.0601 e. The number of hydrogen-bond acceptors (Lipinski definition) is 2. The zero-order chi connectivity index (χ0) is 15.0. The number of nitrogens with two attached hydrogens (primary N) is 1. The summed E-state index contributed by atoms with van der Waals surface area (Å²) in [4.78, 5) is 2.40. The Hall–Kier alpha value is -1.80. The molecule has 0 spiro atoms. The van der Waals surface area contributed by atoms with E-state index in [2.05, 4.69) is 68.3 Å². The fourth-order valence-corrected chi connectivity index (χ4v) is 3.61. The van der Waals surface area contributed by atoms with Crippen molar-refractivity contribution in [3.05, 3.63) is 64.7 Å². The van der Waals surface area contributed by atoms with E-state index in [0.29, 0.717) is 6.54 Å². The van der Waals surface area contributed by atoms with Crippen LogP contribution in [0.4, 0.5) is 5.69 Å². The Morgan fingerprint density at radius 3 is 2.00 bits per heavy atom. The fourth-order valence-electron chi connectivity index (χ4n) is 3.61. The lowest BCUT2D eigenvalue weighted by Crippen LogP contribution is -2.53. The van der Waals surface area contributed by atoms with Crippen molar-refractivity contribution in [3.8, 4) is 0 Å². The molecule has 0 heterocycles. The van der Waals surface area contributed by atoms with Crippen LogP contribution in [0.1, 0.15) is 22.3 Å². The van der Waals surface area contributed by atoms with Gasteiger partial charge in [-0.1, -0.05) is 30.3 Å². The molecule has 0 unspecified atom stereocenters. The Labute approximate surface area is 127 Å². The lowest BCUT2D eigenvalue weighted by Gasteiger charge is -2.40. The first-order valence-electron chi connectivity index (χ1n) is 7.63. The Balaban J connectivity index is 1.97. The van der Waals surface area contributed by atoms with Gasteiger partial charge in [-0.25, -0.2) is 0 Å². The number of aryl methyl sites for hydroxylation is 2. The molecule has 2 aromatic carbocycles. The summed E-state index contributed by atoms with van der Waals surface area (Å²) in [5.74, 6) is 0. The van der Waals surface area contributed by atoms with Crippen LogP contribution >= 0.6 is 0 Å². The van der Waals surface area contributed by atoms with Crippen LogP contribution in [0, 0.1) is 13.8 Å². The van der Waals surface area contributed by atoms with E-state index in [0.717, 1.165) is 12.8 Å². The second kappa shape index (κ2) is 5.19. The molecule has 1 aliphatic carbocycles. The molecular formula is C19H24N2. The minimum Gasteiger partial charge on any atom is -0.367 e. The molecular weight excluding hydrogens is 256 g/mol. The quantitative estimate of drug-likeness (QED) is 0.935. The molecule has 2 nitrogen and oxygen atoms in total. The van der Waals surface area contributed by atoms with Gasteiger partial charge in [0, 0.05) is 19.3 Å². The molecule has 2 N–H and O–H groups in total. The molecule has 21 heavy (non-hydrogen) atoms. The van der Waals surface area contributed by atoms with Crippen molar-refractivity contribution in [2.45, 2.75) is 32.2 Å². The monoisotopic (exact) mass is 280 g/mol. The lowest BCUT2D eigenvalue weighted by atomic mass is 9.92. The molecule has 0 radical (unpaired) electrons. The number of nitrogens with zero attached hydrogens (tertiary/aromatic N) is 1. The van der Waals surface area contributed by atoms with Crippen molar-refractivity contribution in [1.29, 1.82) is 0 Å². The summed E-state index contributed by atoms with van der Waals surface area (Å²) in [6.07, 6.45) is 2.06. The van der Waals surface area contributed by atoms with Gasteiger partial charge < -0.3 is 10.6 Å². The Kier molecular flexibility index (Phi) is 3.50. The van der Waals surface area contributed by atoms with E-state index in [1.165, 1.54) is 27.9 Å². The summed E-state index contributed by atoms with van der Waals surface area (Å²) in [5.41, 5.74) is 13.0. The Bertz CT molecular complexity index is 615. The predicted octanol–water partition coefficient (Wildman–Crippen LogP) is 3.24. The van der Waals surface area contributed by atoms with Crippen LogP contribution in [0.2, 0.25) is 0 Å². The molecule has 0 atom stereocenters. The van der Waals surface area contributed by atoms with Crippen LogP contribution in [0.25, 0.3) is 0 Å². The van der Waals surface area contributed by atoms with Gasteiger partial charge in [0.1, 0.15) is 0 Å². The molecule has 0 aliphatic heterocycles. The molecule has 2 heteroatoms. The molecule has 1 aliphatic rings. The Morgan fingerprint density at radius 1 is 1.00 bits per heavy atom. The highest BCUT2D eigenvalue weighted by Crippen LogP contribution is 2.36. The van der Waals surface area contributed by atoms with Crippen LogP contribution in [0.15, 0.2) is 42.5 Å². The minimum atomic E-state index is 0.00389. The fraction of sp³-hybridized carbons (Fsp3) is 0.368. The van der Waals surface area contributed by atoms with Crippen molar-refractivity contribution < 1.29 is 0 Å². The number of hydrogen-bond donors (Lipinski definition) is 1. The highest BCUT2D eigenvalue weighted by atomic mass is 15.2. The summed E-state index contributed by atoms with van der Waals surface area (Å²) in [6, 6.07) is 15.5. The van der Waals surface area contributed by atoms with Crippen molar-refractivity contribution >= 4 is 5.69 Å². The smallest absolute Gasteiger partial charge is 0.0601 e. The van der Waals surface area contributed by atoms with Crippen molar-refractivity contribution in [2.24, 2.45) is 5.73 Å². The second-order valence-corrected chi connectivity index (χ2v) is 6.46. The van der Waals surface area contributed by atoms with Crippen LogP contribution in [0.3, 0.4) is 0 Å². The van der Waals surface area contributed by atoms with Gasteiger partial charge in [-0.2, -0.15) is 0 Å². The van der Waals surface area contributed by atoms with Gasteiger partial charge in [-0.05, 0) is 61.1 Å². The second-order valence-electron chi connectivity index (χ2n) is 6.46. The van der Waals surface area contributed by atoms with E-state index >= 15 is 0 Å². The van der Waals surface area contributed by atoms with E-state index in [1.807, 2.05) is 0 Å². The van der Waals surface area contributed by atoms with Crippen LogP contribution in [0.5, 0.6) is 0 Å². The van der Waals surface area contributed by atoms with Gasteiger partial charge in [-0.3, -0.25) is 0 Å². The highest BCUT2D eigenvalue weighted by molar-refractivity contribution is 5.55. The molecule has 0 saturated heterocycles. The number of fused-ring (bicyclic) bond motifs is 1. The van der Waals surface area contributed by atoms with Gasteiger partial charge in [0.15, 0.2) is 0 Å². The van der Waals surface area contributed by atoms with E-state index < -0.39 is 0 Å². The largest absolute Gasteiger partial charge is 0.367 e. The summed E-state index contributed by atoms with van der Waals surface area (Å²) >= 11 is 0. The van der Waals surface area contributed by atoms with E-state index in [1.54, 1.807) is 0 Å². The lowest BCUT2D eigenvalue weighted by molar-refractivity contribution is 0.434. The maximum atomic E-state index is 6.22. The molecule has 3 rings (SSSR count). The first-order valence-corrected chi connectivity index (χ1v) is 7.63. The van der Waals surface area contributed by atoms with Crippen LogP contribution in [-0.2, 0) is 12.8 Å². The number of anilines is 1. The molecule has 0 fully saturated rings. The number of likely N-dealkylation sites (N-methyl/N-ethyl adjacent to an activating group) is 1. The first-order chi connectivity index (χ1) is 10.0. The highest BCUT2D eigenvalue weighted by Gasteiger charge is 2.39. The van der Waals surface area contributed by atoms with Gasteiger partial charge in [-0.15, -0.1) is 0 Å². The average molecular weight is 280 g/mol. The maximum absolute atomic E-state index is 6.22. The third-order valence-corrected chi connectivity index (χ3v) is 4.84. The van der Waals surface area contributed by atoms with E-state index in [9.17, 15) is 0 Å². The molecule has 0 saturated carbocycles. The molecule has 0 amide bonds. The van der Waals surface area contributed by atoms with Gasteiger partial charge >= 0.3 is 0 Å². The standard InChI is InChI=1S/C19H24N2/c1-14-8-15(2)10-18(9-14)21(3)19(13-20)11-16-6-4-5-7-17(16)12-19/h4-10H,11-13,20H2,1-3H3. The van der Waals surface area contributed by atoms with Gasteiger partial charge in [0.05, 0.1) is 5.54 Å². The van der Waals surface area contributed by atoms with Crippen LogP contribution in [-0.4, -0.2) is 19.1 Å². The van der Waals surface area contributed by atoms with Crippen molar-refractivity contribution in [2.75, 3.05) is 18.5 Å². The third-order valence-electron chi connectivity index (χ3n) is 4.84. The third kappa shape index (κ3) is 2.44. The zero-order valence-electron chi connectivity index (χ0n) is 13.2.